The van der Waals surface area contributed by atoms with Crippen molar-refractivity contribution in [2.24, 2.45) is 11.7 Å². The monoisotopic (exact) mass is 272 g/mol. The molecule has 106 valence electrons. The van der Waals surface area contributed by atoms with Crippen molar-refractivity contribution in [2.45, 2.75) is 19.8 Å². The van der Waals surface area contributed by atoms with Gasteiger partial charge in [-0.05, 0) is 37.4 Å². The van der Waals surface area contributed by atoms with Crippen molar-refractivity contribution >= 4 is 22.9 Å². The number of aryl methyl sites for hydroxylation is 1. The Morgan fingerprint density at radius 1 is 1.55 bits per heavy atom. The average molecular weight is 272 g/mol. The maximum atomic E-state index is 11.3. The smallest absolute Gasteiger partial charge is 0.306 e. The number of benzene rings is 1. The molecule has 4 nitrogen and oxygen atoms in total. The van der Waals surface area contributed by atoms with Gasteiger partial charge in [0.05, 0.1) is 11.4 Å². The number of hydrogen-bond donors (Lipinski definition) is 3. The molecule has 0 aliphatic carbocycles. The molecule has 1 unspecified atom stereocenters. The summed E-state index contributed by atoms with van der Waals surface area (Å²) >= 11 is 0. The van der Waals surface area contributed by atoms with Crippen LogP contribution in [0, 0.1) is 12.8 Å². The highest BCUT2D eigenvalue weighted by atomic mass is 16.4. The summed E-state index contributed by atoms with van der Waals surface area (Å²) in [5.41, 5.74) is 9.63. The lowest BCUT2D eigenvalue weighted by Gasteiger charge is -2.11. The third-order valence-electron chi connectivity index (χ3n) is 3.72. The van der Waals surface area contributed by atoms with Gasteiger partial charge in [0.2, 0.25) is 0 Å². The van der Waals surface area contributed by atoms with Crippen LogP contribution < -0.4 is 5.73 Å². The highest BCUT2D eigenvalue weighted by Crippen LogP contribution is 2.28. The van der Waals surface area contributed by atoms with Gasteiger partial charge in [-0.15, -0.1) is 0 Å². The predicted molar refractivity (Wildman–Crippen MR) is 81.6 cm³/mol. The first-order chi connectivity index (χ1) is 9.58. The Morgan fingerprint density at radius 3 is 2.90 bits per heavy atom. The molecule has 0 radical (unpaired) electrons. The summed E-state index contributed by atoms with van der Waals surface area (Å²) < 4.78 is 0. The van der Waals surface area contributed by atoms with E-state index >= 15 is 0 Å². The number of aromatic amines is 1. The largest absolute Gasteiger partial charge is 0.481 e. The number of nitrogens with two attached hydrogens (primary N) is 1. The fourth-order valence-corrected chi connectivity index (χ4v) is 2.62. The van der Waals surface area contributed by atoms with Gasteiger partial charge in [-0.1, -0.05) is 30.9 Å². The van der Waals surface area contributed by atoms with E-state index in [1.807, 2.05) is 25.1 Å². The Kier molecular flexibility index (Phi) is 4.25. The zero-order valence-electron chi connectivity index (χ0n) is 11.6. The second kappa shape index (κ2) is 5.92. The molecule has 0 bridgehead atoms. The minimum absolute atomic E-state index is 0.385. The fourth-order valence-electron chi connectivity index (χ4n) is 2.62. The van der Waals surface area contributed by atoms with Crippen LogP contribution in [-0.2, 0) is 11.2 Å². The minimum Gasteiger partial charge on any atom is -0.481 e. The van der Waals surface area contributed by atoms with Crippen LogP contribution in [0.1, 0.15) is 23.2 Å². The molecule has 1 atom stereocenters. The molecular weight excluding hydrogens is 252 g/mol. The number of fused-ring (bicyclic) bond motifs is 1. The van der Waals surface area contributed by atoms with Crippen molar-refractivity contribution < 1.29 is 9.90 Å². The number of carbonyl (C=O) groups is 1. The van der Waals surface area contributed by atoms with Crippen LogP contribution in [0.4, 0.5) is 0 Å². The summed E-state index contributed by atoms with van der Waals surface area (Å²) in [6.45, 7) is 6.17. The van der Waals surface area contributed by atoms with E-state index in [-0.39, 0.29) is 0 Å². The molecule has 0 spiro atoms. The molecule has 4 heteroatoms. The lowest BCUT2D eigenvalue weighted by molar-refractivity contribution is -0.141. The molecule has 0 amide bonds. The first-order valence-corrected chi connectivity index (χ1v) is 6.74. The maximum Gasteiger partial charge on any atom is 0.306 e. The minimum atomic E-state index is -0.788. The van der Waals surface area contributed by atoms with E-state index in [9.17, 15) is 9.90 Å². The highest BCUT2D eigenvalue weighted by Gasteiger charge is 2.20. The summed E-state index contributed by atoms with van der Waals surface area (Å²) in [6, 6.07) is 5.97. The topological polar surface area (TPSA) is 79.1 Å². The molecule has 4 N–H and O–H groups in total. The van der Waals surface area contributed by atoms with Gasteiger partial charge in [-0.3, -0.25) is 4.79 Å². The van der Waals surface area contributed by atoms with Gasteiger partial charge < -0.3 is 15.8 Å². The molecule has 0 saturated heterocycles. The lowest BCUT2D eigenvalue weighted by Crippen LogP contribution is -2.20. The van der Waals surface area contributed by atoms with Crippen LogP contribution >= 0.6 is 0 Å². The molecule has 1 aromatic heterocycles. The molecule has 0 fully saturated rings. The Morgan fingerprint density at radius 2 is 2.30 bits per heavy atom. The third kappa shape index (κ3) is 2.60. The first-order valence-electron chi connectivity index (χ1n) is 6.74. The van der Waals surface area contributed by atoms with Crippen LogP contribution in [0.15, 0.2) is 24.8 Å². The molecule has 0 saturated carbocycles. The van der Waals surface area contributed by atoms with Gasteiger partial charge in [0.25, 0.3) is 0 Å². The first kappa shape index (κ1) is 14.3. The maximum absolute atomic E-state index is 11.3. The Hall–Kier alpha value is -2.07. The average Bonchev–Trinajstić information content (AvgIpc) is 2.74. The molecule has 0 aliphatic rings. The van der Waals surface area contributed by atoms with E-state index in [1.54, 1.807) is 6.08 Å². The standard InChI is InChI=1S/C16H20N2O2/c1-3-11-5-4-6-13-14(10(2)18-15(11)13)9-12(7-8-17)16(19)20/h3-6,12,18H,1,7-9,17H2,2H3,(H,19,20). The Labute approximate surface area is 118 Å². The number of carboxylic acids is 1. The number of aliphatic carboxylic acids is 1. The van der Waals surface area contributed by atoms with E-state index in [0.717, 1.165) is 27.7 Å². The van der Waals surface area contributed by atoms with E-state index in [4.69, 9.17) is 5.73 Å². The van der Waals surface area contributed by atoms with Crippen LogP contribution in [-0.4, -0.2) is 22.6 Å². The van der Waals surface area contributed by atoms with Crippen LogP contribution in [0.2, 0.25) is 0 Å². The van der Waals surface area contributed by atoms with Crippen molar-refractivity contribution in [1.29, 1.82) is 0 Å². The van der Waals surface area contributed by atoms with Crippen LogP contribution in [0.5, 0.6) is 0 Å². The van der Waals surface area contributed by atoms with Gasteiger partial charge in [0, 0.05) is 11.1 Å². The Bertz CT molecular complexity index is 643. The number of rotatable bonds is 6. The number of nitrogens with one attached hydrogen (secondary N) is 1. The molecule has 1 aromatic carbocycles. The van der Waals surface area contributed by atoms with Gasteiger partial charge in [-0.2, -0.15) is 0 Å². The van der Waals surface area contributed by atoms with Crippen LogP contribution in [0.25, 0.3) is 17.0 Å². The van der Waals surface area contributed by atoms with E-state index < -0.39 is 11.9 Å². The van der Waals surface area contributed by atoms with E-state index in [1.165, 1.54) is 0 Å². The second-order valence-corrected chi connectivity index (χ2v) is 5.02. The van der Waals surface area contributed by atoms with Crippen molar-refractivity contribution in [2.75, 3.05) is 6.54 Å². The van der Waals surface area contributed by atoms with Gasteiger partial charge in [0.1, 0.15) is 0 Å². The quantitative estimate of drug-likeness (QED) is 0.756. The van der Waals surface area contributed by atoms with E-state index in [2.05, 4.69) is 11.6 Å². The summed E-state index contributed by atoms with van der Waals surface area (Å²) in [5, 5.41) is 10.4. The summed E-state index contributed by atoms with van der Waals surface area (Å²) in [6.07, 6.45) is 2.79. The van der Waals surface area contributed by atoms with Crippen molar-refractivity contribution in [1.82, 2.24) is 4.98 Å². The number of H-pyrrole nitrogens is 1. The van der Waals surface area contributed by atoms with Crippen molar-refractivity contribution in [3.8, 4) is 0 Å². The SMILES string of the molecule is C=Cc1cccc2c(CC(CCN)C(=O)O)c(C)[nH]c12. The Balaban J connectivity index is 2.46. The molecule has 0 aliphatic heterocycles. The van der Waals surface area contributed by atoms with Gasteiger partial charge in [0.15, 0.2) is 0 Å². The highest BCUT2D eigenvalue weighted by molar-refractivity contribution is 5.91. The summed E-state index contributed by atoms with van der Waals surface area (Å²) in [7, 11) is 0. The number of carboxylic acid groups (broad SMARTS) is 1. The number of aromatic nitrogens is 1. The number of para-hydroxylation sites is 1. The van der Waals surface area contributed by atoms with Crippen LogP contribution in [0.3, 0.4) is 0 Å². The summed E-state index contributed by atoms with van der Waals surface area (Å²) in [5.74, 6) is -1.23. The predicted octanol–water partition coefficient (Wildman–Crippen LogP) is 2.71. The van der Waals surface area contributed by atoms with Crippen molar-refractivity contribution in [3.63, 3.8) is 0 Å². The fraction of sp³-hybridized carbons (Fsp3) is 0.312. The normalized spacial score (nSPS) is 12.5. The molecule has 2 aromatic rings. The zero-order chi connectivity index (χ0) is 14.7. The molecule has 20 heavy (non-hydrogen) atoms. The summed E-state index contributed by atoms with van der Waals surface area (Å²) in [4.78, 5) is 14.6. The molecule has 2 rings (SSSR count). The molecule has 1 heterocycles. The van der Waals surface area contributed by atoms with Gasteiger partial charge in [-0.25, -0.2) is 0 Å². The van der Waals surface area contributed by atoms with Crippen molar-refractivity contribution in [3.05, 3.63) is 41.6 Å². The molecular formula is C16H20N2O2. The lowest BCUT2D eigenvalue weighted by atomic mass is 9.94. The van der Waals surface area contributed by atoms with Gasteiger partial charge >= 0.3 is 5.97 Å². The zero-order valence-corrected chi connectivity index (χ0v) is 11.6. The van der Waals surface area contributed by atoms with E-state index in [0.29, 0.717) is 19.4 Å². The third-order valence-corrected chi connectivity index (χ3v) is 3.72. The second-order valence-electron chi connectivity index (χ2n) is 5.02. The number of hydrogen-bond acceptors (Lipinski definition) is 2.